The monoisotopic (exact) mass is 389 g/mol. The Morgan fingerprint density at radius 1 is 1.00 bits per heavy atom. The van der Waals surface area contributed by atoms with E-state index in [2.05, 4.69) is 5.32 Å². The second-order valence-electron chi connectivity index (χ2n) is 6.49. The van der Waals surface area contributed by atoms with Gasteiger partial charge in [-0.05, 0) is 68.1 Å². The number of nitrogens with one attached hydrogen (secondary N) is 1. The Morgan fingerprint density at radius 2 is 1.74 bits per heavy atom. The van der Waals surface area contributed by atoms with E-state index in [0.717, 1.165) is 16.7 Å². The topological polar surface area (TPSA) is 64.6 Å². The molecule has 0 fully saturated rings. The van der Waals surface area contributed by atoms with Crippen LogP contribution in [0.4, 0.5) is 0 Å². The first-order valence-electron chi connectivity index (χ1n) is 8.67. The molecule has 0 aliphatic carbocycles. The van der Waals surface area contributed by atoms with Crippen molar-refractivity contribution < 1.29 is 19.1 Å². The van der Waals surface area contributed by atoms with Crippen LogP contribution in [0, 0.1) is 20.8 Å². The van der Waals surface area contributed by atoms with Crippen LogP contribution in [0.2, 0.25) is 5.02 Å². The molecule has 1 amide bonds. The van der Waals surface area contributed by atoms with E-state index < -0.39 is 5.97 Å². The molecular formula is C21H24ClNO4. The van der Waals surface area contributed by atoms with Gasteiger partial charge in [0.25, 0.3) is 5.91 Å². The molecule has 6 heteroatoms. The molecule has 2 aromatic carbocycles. The third-order valence-electron chi connectivity index (χ3n) is 4.26. The van der Waals surface area contributed by atoms with E-state index in [9.17, 15) is 9.59 Å². The highest BCUT2D eigenvalue weighted by molar-refractivity contribution is 6.31. The number of hydrogen-bond acceptors (Lipinski definition) is 4. The van der Waals surface area contributed by atoms with E-state index in [1.54, 1.807) is 18.2 Å². The molecule has 2 aromatic rings. The largest absolute Gasteiger partial charge is 0.482 e. The zero-order chi connectivity index (χ0) is 20.0. The maximum atomic E-state index is 12.0. The molecule has 0 saturated carbocycles. The number of rotatable bonds is 7. The van der Waals surface area contributed by atoms with Crippen LogP contribution < -0.4 is 10.1 Å². The third kappa shape index (κ3) is 6.29. The van der Waals surface area contributed by atoms with Crippen LogP contribution in [0.25, 0.3) is 0 Å². The fourth-order valence-electron chi connectivity index (χ4n) is 2.44. The van der Waals surface area contributed by atoms with Crippen LogP contribution in [0.15, 0.2) is 36.4 Å². The van der Waals surface area contributed by atoms with Crippen molar-refractivity contribution in [2.45, 2.75) is 33.7 Å². The number of carbonyl (C=O) groups excluding carboxylic acids is 2. The summed E-state index contributed by atoms with van der Waals surface area (Å²) < 4.78 is 10.3. The third-order valence-corrected chi connectivity index (χ3v) is 4.68. The summed E-state index contributed by atoms with van der Waals surface area (Å²) in [5.41, 5.74) is 4.21. The van der Waals surface area contributed by atoms with Crippen molar-refractivity contribution in [3.8, 4) is 5.75 Å². The molecule has 27 heavy (non-hydrogen) atoms. The van der Waals surface area contributed by atoms with Gasteiger partial charge in [0.05, 0.1) is 6.04 Å². The predicted molar refractivity (Wildman–Crippen MR) is 105 cm³/mol. The molecule has 144 valence electrons. The molecule has 0 saturated heterocycles. The van der Waals surface area contributed by atoms with E-state index in [1.165, 1.54) is 5.56 Å². The van der Waals surface area contributed by atoms with E-state index >= 15 is 0 Å². The van der Waals surface area contributed by atoms with Crippen molar-refractivity contribution in [1.82, 2.24) is 5.32 Å². The minimum absolute atomic E-state index is 0.177. The van der Waals surface area contributed by atoms with Crippen LogP contribution in [-0.4, -0.2) is 25.1 Å². The first-order valence-corrected chi connectivity index (χ1v) is 9.05. The molecule has 2 rings (SSSR count). The summed E-state index contributed by atoms with van der Waals surface area (Å²) in [6.45, 7) is 7.16. The van der Waals surface area contributed by atoms with Crippen LogP contribution in [0.5, 0.6) is 5.75 Å². The van der Waals surface area contributed by atoms with Crippen LogP contribution in [0.3, 0.4) is 0 Å². The first-order chi connectivity index (χ1) is 12.8. The van der Waals surface area contributed by atoms with Gasteiger partial charge in [0.1, 0.15) is 5.75 Å². The summed E-state index contributed by atoms with van der Waals surface area (Å²) in [7, 11) is 0. The lowest BCUT2D eigenvalue weighted by atomic mass is 10.0. The first kappa shape index (κ1) is 20.8. The molecule has 5 nitrogen and oxygen atoms in total. The Hall–Kier alpha value is -2.53. The zero-order valence-corrected chi connectivity index (χ0v) is 16.7. The van der Waals surface area contributed by atoms with Crippen LogP contribution in [0.1, 0.15) is 35.2 Å². The Bertz CT molecular complexity index is 835. The number of esters is 1. The average Bonchev–Trinajstić information content (AvgIpc) is 2.63. The molecule has 0 aromatic heterocycles. The molecule has 0 radical (unpaired) electrons. The van der Waals surface area contributed by atoms with Gasteiger partial charge in [-0.2, -0.15) is 0 Å². The van der Waals surface area contributed by atoms with Crippen LogP contribution >= 0.6 is 11.6 Å². The molecule has 0 heterocycles. The van der Waals surface area contributed by atoms with Crippen LogP contribution in [-0.2, 0) is 14.3 Å². The fraction of sp³-hybridized carbons (Fsp3) is 0.333. The summed E-state index contributed by atoms with van der Waals surface area (Å²) >= 11 is 5.94. The summed E-state index contributed by atoms with van der Waals surface area (Å²) in [5.74, 6) is -0.463. The predicted octanol–water partition coefficient (Wildman–Crippen LogP) is 4.06. The molecule has 0 aliphatic rings. The van der Waals surface area contributed by atoms with Gasteiger partial charge in [0.15, 0.2) is 13.2 Å². The van der Waals surface area contributed by atoms with Gasteiger partial charge in [0, 0.05) is 5.02 Å². The van der Waals surface area contributed by atoms with Crippen molar-refractivity contribution in [1.29, 1.82) is 0 Å². The summed E-state index contributed by atoms with van der Waals surface area (Å²) in [4.78, 5) is 23.8. The number of benzene rings is 2. The van der Waals surface area contributed by atoms with E-state index in [0.29, 0.717) is 10.8 Å². The lowest BCUT2D eigenvalue weighted by Crippen LogP contribution is -2.32. The quantitative estimate of drug-likeness (QED) is 0.725. The summed E-state index contributed by atoms with van der Waals surface area (Å²) in [6, 6.07) is 10.9. The Morgan fingerprint density at radius 3 is 2.41 bits per heavy atom. The second kappa shape index (κ2) is 9.42. The molecule has 0 unspecified atom stereocenters. The number of ether oxygens (including phenoxy) is 2. The molecular weight excluding hydrogens is 366 g/mol. The van der Waals surface area contributed by atoms with Gasteiger partial charge < -0.3 is 14.8 Å². The number of carbonyl (C=O) groups is 2. The molecule has 0 bridgehead atoms. The number of aryl methyl sites for hydroxylation is 3. The number of amides is 1. The maximum Gasteiger partial charge on any atom is 0.344 e. The van der Waals surface area contributed by atoms with Gasteiger partial charge in [-0.15, -0.1) is 0 Å². The highest BCUT2D eigenvalue weighted by Gasteiger charge is 2.13. The van der Waals surface area contributed by atoms with Crippen molar-refractivity contribution in [2.75, 3.05) is 13.2 Å². The Labute approximate surface area is 164 Å². The Balaban J connectivity index is 1.76. The second-order valence-corrected chi connectivity index (χ2v) is 6.90. The highest BCUT2D eigenvalue weighted by atomic mass is 35.5. The Kier molecular flexibility index (Phi) is 7.25. The minimum Gasteiger partial charge on any atom is -0.482 e. The van der Waals surface area contributed by atoms with E-state index in [4.69, 9.17) is 21.1 Å². The van der Waals surface area contributed by atoms with Gasteiger partial charge in [-0.3, -0.25) is 4.79 Å². The minimum atomic E-state index is -0.614. The standard InChI is InChI=1S/C21H24ClNO4/c1-13-5-6-17(9-14(13)2)16(4)23-20(24)11-27-21(25)12-26-18-7-8-19(22)15(3)10-18/h5-10,16H,11-12H2,1-4H3,(H,23,24)/t16-/m0/s1. The average molecular weight is 390 g/mol. The molecule has 0 aliphatic heterocycles. The fourth-order valence-corrected chi connectivity index (χ4v) is 2.55. The molecule has 1 atom stereocenters. The van der Waals surface area contributed by atoms with Crippen molar-refractivity contribution >= 4 is 23.5 Å². The number of halogens is 1. The van der Waals surface area contributed by atoms with Crippen molar-refractivity contribution in [2.24, 2.45) is 0 Å². The molecule has 0 spiro atoms. The summed E-state index contributed by atoms with van der Waals surface area (Å²) in [5, 5.41) is 3.44. The van der Waals surface area contributed by atoms with Gasteiger partial charge in [0.2, 0.25) is 0 Å². The van der Waals surface area contributed by atoms with Gasteiger partial charge >= 0.3 is 5.97 Å². The SMILES string of the molecule is Cc1ccc([C@H](C)NC(=O)COC(=O)COc2ccc(Cl)c(C)c2)cc1C. The van der Waals surface area contributed by atoms with E-state index in [1.807, 2.05) is 45.9 Å². The highest BCUT2D eigenvalue weighted by Crippen LogP contribution is 2.21. The zero-order valence-electron chi connectivity index (χ0n) is 16.0. The van der Waals surface area contributed by atoms with Crippen molar-refractivity contribution in [3.05, 3.63) is 63.7 Å². The molecule has 1 N–H and O–H groups in total. The lowest BCUT2D eigenvalue weighted by molar-refractivity contribution is -0.150. The van der Waals surface area contributed by atoms with E-state index in [-0.39, 0.29) is 25.2 Å². The van der Waals surface area contributed by atoms with Gasteiger partial charge in [-0.25, -0.2) is 4.79 Å². The number of hydrogen-bond donors (Lipinski definition) is 1. The lowest BCUT2D eigenvalue weighted by Gasteiger charge is -2.16. The smallest absolute Gasteiger partial charge is 0.344 e. The van der Waals surface area contributed by atoms with Gasteiger partial charge in [-0.1, -0.05) is 29.8 Å². The summed E-state index contributed by atoms with van der Waals surface area (Å²) in [6.07, 6.45) is 0. The maximum absolute atomic E-state index is 12.0. The normalized spacial score (nSPS) is 11.6. The van der Waals surface area contributed by atoms with Crippen molar-refractivity contribution in [3.63, 3.8) is 0 Å².